The number of hydrogen-bond donors (Lipinski definition) is 1. The van der Waals surface area contributed by atoms with Gasteiger partial charge in [0.25, 0.3) is 0 Å². The average Bonchev–Trinajstić information content (AvgIpc) is 2.44. The molecule has 7 heteroatoms. The van der Waals surface area contributed by atoms with Crippen LogP contribution in [0.25, 0.3) is 0 Å². The summed E-state index contributed by atoms with van der Waals surface area (Å²) in [5.74, 6) is -0.888. The molecule has 1 aliphatic heterocycles. The lowest BCUT2D eigenvalue weighted by Crippen LogP contribution is -2.42. The third-order valence-electron chi connectivity index (χ3n) is 3.77. The monoisotopic (exact) mass is 341 g/mol. The summed E-state index contributed by atoms with van der Waals surface area (Å²) in [6, 6.07) is 6.99. The molecule has 2 rings (SSSR count). The summed E-state index contributed by atoms with van der Waals surface area (Å²) in [4.78, 5) is 11.4. The van der Waals surface area contributed by atoms with Crippen molar-refractivity contribution in [2.45, 2.75) is 38.8 Å². The van der Waals surface area contributed by atoms with Gasteiger partial charge in [-0.3, -0.25) is 4.79 Å². The van der Waals surface area contributed by atoms with Gasteiger partial charge in [-0.2, -0.15) is 0 Å². The zero-order valence-electron chi connectivity index (χ0n) is 13.8. The number of methoxy groups -OCH3 is 1. The Morgan fingerprint density at radius 3 is 2.74 bits per heavy atom. The molecule has 0 bridgehead atoms. The van der Waals surface area contributed by atoms with E-state index in [1.807, 2.05) is 38.1 Å². The fourth-order valence-electron chi connectivity index (χ4n) is 2.77. The first kappa shape index (κ1) is 17.7. The zero-order valence-corrected chi connectivity index (χ0v) is 14.6. The van der Waals surface area contributed by atoms with Gasteiger partial charge in [-0.25, -0.2) is 13.1 Å². The normalized spacial score (nSPS) is 21.0. The SMILES string of the molecule is COC(=O)[C@@H](C)CS(=O)(=O)N[C@@H]1CC(C)(C)Oc2ccccc21. The second-order valence-electron chi connectivity index (χ2n) is 6.48. The van der Waals surface area contributed by atoms with E-state index in [0.717, 1.165) is 5.56 Å². The lowest BCUT2D eigenvalue weighted by atomic mass is 9.90. The molecule has 1 aliphatic rings. The van der Waals surface area contributed by atoms with Crippen LogP contribution < -0.4 is 9.46 Å². The van der Waals surface area contributed by atoms with Gasteiger partial charge < -0.3 is 9.47 Å². The number of para-hydroxylation sites is 1. The van der Waals surface area contributed by atoms with E-state index < -0.39 is 27.5 Å². The maximum atomic E-state index is 12.4. The molecule has 0 unspecified atom stereocenters. The van der Waals surface area contributed by atoms with Crippen LogP contribution in [-0.2, 0) is 19.6 Å². The Kier molecular flexibility index (Phi) is 5.01. The van der Waals surface area contributed by atoms with E-state index in [1.165, 1.54) is 14.0 Å². The van der Waals surface area contributed by atoms with Gasteiger partial charge in [0.2, 0.25) is 10.0 Å². The summed E-state index contributed by atoms with van der Waals surface area (Å²) >= 11 is 0. The van der Waals surface area contributed by atoms with Crippen LogP contribution >= 0.6 is 0 Å². The van der Waals surface area contributed by atoms with Crippen molar-refractivity contribution in [2.24, 2.45) is 5.92 Å². The number of fused-ring (bicyclic) bond motifs is 1. The van der Waals surface area contributed by atoms with Gasteiger partial charge in [-0.1, -0.05) is 25.1 Å². The predicted octanol–water partition coefficient (Wildman–Crippen LogP) is 2.02. The smallest absolute Gasteiger partial charge is 0.309 e. The van der Waals surface area contributed by atoms with E-state index in [0.29, 0.717) is 12.2 Å². The fourth-order valence-corrected chi connectivity index (χ4v) is 4.30. The van der Waals surface area contributed by atoms with E-state index in [9.17, 15) is 13.2 Å². The van der Waals surface area contributed by atoms with Crippen LogP contribution in [0.3, 0.4) is 0 Å². The molecule has 6 nitrogen and oxygen atoms in total. The number of rotatable bonds is 5. The van der Waals surface area contributed by atoms with Crippen LogP contribution in [0.5, 0.6) is 5.75 Å². The molecule has 0 aliphatic carbocycles. The van der Waals surface area contributed by atoms with Crippen LogP contribution in [0, 0.1) is 5.92 Å². The van der Waals surface area contributed by atoms with Crippen molar-refractivity contribution in [2.75, 3.05) is 12.9 Å². The van der Waals surface area contributed by atoms with Crippen molar-refractivity contribution in [1.29, 1.82) is 0 Å². The molecule has 0 aromatic heterocycles. The Hall–Kier alpha value is -1.60. The number of carbonyl (C=O) groups is 1. The molecule has 23 heavy (non-hydrogen) atoms. The molecule has 1 heterocycles. The Balaban J connectivity index is 2.20. The molecule has 1 N–H and O–H groups in total. The highest BCUT2D eigenvalue weighted by Crippen LogP contribution is 2.39. The van der Waals surface area contributed by atoms with Crippen LogP contribution in [0.2, 0.25) is 0 Å². The van der Waals surface area contributed by atoms with Gasteiger partial charge in [-0.15, -0.1) is 0 Å². The molecule has 128 valence electrons. The maximum absolute atomic E-state index is 12.4. The molecule has 0 radical (unpaired) electrons. The molecule has 0 saturated heterocycles. The van der Waals surface area contributed by atoms with E-state index in [1.54, 1.807) is 0 Å². The van der Waals surface area contributed by atoms with E-state index in [4.69, 9.17) is 4.74 Å². The first-order valence-corrected chi connectivity index (χ1v) is 9.14. The van der Waals surface area contributed by atoms with Crippen molar-refractivity contribution in [3.8, 4) is 5.75 Å². The number of esters is 1. The van der Waals surface area contributed by atoms with E-state index in [-0.39, 0.29) is 11.8 Å². The lowest BCUT2D eigenvalue weighted by Gasteiger charge is -2.37. The van der Waals surface area contributed by atoms with Gasteiger partial charge in [0.15, 0.2) is 0 Å². The number of carbonyl (C=O) groups excluding carboxylic acids is 1. The summed E-state index contributed by atoms with van der Waals surface area (Å²) in [5, 5.41) is 0. The molecule has 1 aromatic carbocycles. The molecule has 0 amide bonds. The number of nitrogens with one attached hydrogen (secondary N) is 1. The third kappa shape index (κ3) is 4.45. The van der Waals surface area contributed by atoms with Gasteiger partial charge in [0.05, 0.1) is 24.8 Å². The van der Waals surface area contributed by atoms with Crippen molar-refractivity contribution in [3.05, 3.63) is 29.8 Å². The Bertz CT molecular complexity index is 683. The minimum Gasteiger partial charge on any atom is -0.487 e. The summed E-state index contributed by atoms with van der Waals surface area (Å²) in [7, 11) is -2.39. The van der Waals surface area contributed by atoms with Crippen LogP contribution in [0.15, 0.2) is 24.3 Å². The van der Waals surface area contributed by atoms with Gasteiger partial charge in [0, 0.05) is 12.0 Å². The summed E-state index contributed by atoms with van der Waals surface area (Å²) in [5.41, 5.74) is 0.330. The molecule has 0 spiro atoms. The maximum Gasteiger partial charge on any atom is 0.309 e. The van der Waals surface area contributed by atoms with Crippen LogP contribution in [-0.4, -0.2) is 32.9 Å². The van der Waals surface area contributed by atoms with Crippen LogP contribution in [0.1, 0.15) is 38.8 Å². The van der Waals surface area contributed by atoms with Crippen molar-refractivity contribution in [3.63, 3.8) is 0 Å². The lowest BCUT2D eigenvalue weighted by molar-refractivity contribution is -0.144. The fraction of sp³-hybridized carbons (Fsp3) is 0.562. The first-order valence-electron chi connectivity index (χ1n) is 7.49. The van der Waals surface area contributed by atoms with Crippen molar-refractivity contribution in [1.82, 2.24) is 4.72 Å². The van der Waals surface area contributed by atoms with Crippen molar-refractivity contribution >= 4 is 16.0 Å². The predicted molar refractivity (Wildman–Crippen MR) is 86.6 cm³/mol. The largest absolute Gasteiger partial charge is 0.487 e. The number of benzene rings is 1. The molecular formula is C16H23NO5S. The third-order valence-corrected chi connectivity index (χ3v) is 5.35. The standard InChI is InChI=1S/C16H23NO5S/c1-11(15(18)21-4)10-23(19,20)17-13-9-16(2,3)22-14-8-6-5-7-12(13)14/h5-8,11,13,17H,9-10H2,1-4H3/t11-,13+/m0/s1. The minimum absolute atomic E-state index is 0.306. The molecular weight excluding hydrogens is 318 g/mol. The Morgan fingerprint density at radius 2 is 2.09 bits per heavy atom. The number of ether oxygens (including phenoxy) is 2. The Labute approximate surface area is 137 Å². The van der Waals surface area contributed by atoms with Crippen LogP contribution in [0.4, 0.5) is 0 Å². The van der Waals surface area contributed by atoms with Gasteiger partial charge in [-0.05, 0) is 19.9 Å². The average molecular weight is 341 g/mol. The highest BCUT2D eigenvalue weighted by molar-refractivity contribution is 7.89. The highest BCUT2D eigenvalue weighted by atomic mass is 32.2. The Morgan fingerprint density at radius 1 is 1.43 bits per heavy atom. The molecule has 0 fully saturated rings. The first-order chi connectivity index (χ1) is 10.6. The van der Waals surface area contributed by atoms with Gasteiger partial charge >= 0.3 is 5.97 Å². The van der Waals surface area contributed by atoms with Crippen molar-refractivity contribution < 1.29 is 22.7 Å². The summed E-state index contributed by atoms with van der Waals surface area (Å²) in [6.07, 6.45) is 0.510. The molecule has 0 saturated carbocycles. The number of sulfonamides is 1. The van der Waals surface area contributed by atoms with Gasteiger partial charge in [0.1, 0.15) is 11.4 Å². The summed E-state index contributed by atoms with van der Waals surface area (Å²) in [6.45, 7) is 5.37. The zero-order chi connectivity index (χ0) is 17.3. The van der Waals surface area contributed by atoms with E-state index in [2.05, 4.69) is 9.46 Å². The quantitative estimate of drug-likeness (QED) is 0.829. The molecule has 2 atom stereocenters. The topological polar surface area (TPSA) is 81.7 Å². The minimum atomic E-state index is -3.63. The second kappa shape index (κ2) is 6.49. The summed E-state index contributed by atoms with van der Waals surface area (Å²) < 4.78 is 38.0. The highest BCUT2D eigenvalue weighted by Gasteiger charge is 2.36. The second-order valence-corrected chi connectivity index (χ2v) is 8.28. The number of hydrogen-bond acceptors (Lipinski definition) is 5. The molecule has 1 aromatic rings. The van der Waals surface area contributed by atoms with E-state index >= 15 is 0 Å².